The zero-order valence-corrected chi connectivity index (χ0v) is 11.7. The number of carboxylic acid groups (broad SMARTS) is 2. The molecule has 0 bridgehead atoms. The van der Waals surface area contributed by atoms with Crippen molar-refractivity contribution in [2.45, 2.75) is 12.5 Å². The maximum atomic E-state index is 11.8. The van der Waals surface area contributed by atoms with E-state index in [9.17, 15) is 14.4 Å². The monoisotopic (exact) mass is 349 g/mol. The van der Waals surface area contributed by atoms with Gasteiger partial charge < -0.3 is 15.5 Å². The summed E-state index contributed by atoms with van der Waals surface area (Å²) in [6.45, 7) is 0. The van der Waals surface area contributed by atoms with Gasteiger partial charge >= 0.3 is 11.9 Å². The highest BCUT2D eigenvalue weighted by molar-refractivity contribution is 9.10. The molecule has 0 saturated heterocycles. The Morgan fingerprint density at radius 2 is 1.95 bits per heavy atom. The van der Waals surface area contributed by atoms with Crippen molar-refractivity contribution in [2.75, 3.05) is 0 Å². The number of hydrogen-bond acceptors (Lipinski definition) is 3. The van der Waals surface area contributed by atoms with E-state index >= 15 is 0 Å². The zero-order valence-electron chi connectivity index (χ0n) is 9.39. The molecule has 1 amide bonds. The van der Waals surface area contributed by atoms with Gasteiger partial charge in [-0.3, -0.25) is 9.59 Å². The van der Waals surface area contributed by atoms with E-state index in [1.165, 1.54) is 18.2 Å². The molecule has 0 aliphatic carbocycles. The SMILES string of the molecule is O=C(O)C[C@H](NC(=O)c1ccc(Cl)c(Br)c1)C(=O)O. The Morgan fingerprint density at radius 3 is 2.42 bits per heavy atom. The van der Waals surface area contributed by atoms with Crippen LogP contribution in [0, 0.1) is 0 Å². The second kappa shape index (κ2) is 6.53. The molecule has 0 radical (unpaired) electrons. The van der Waals surface area contributed by atoms with Crippen LogP contribution in [0.25, 0.3) is 0 Å². The Balaban J connectivity index is 2.84. The van der Waals surface area contributed by atoms with Crippen LogP contribution in [0.15, 0.2) is 22.7 Å². The molecular weight excluding hydrogens is 341 g/mol. The molecule has 3 N–H and O–H groups in total. The van der Waals surface area contributed by atoms with Gasteiger partial charge in [0, 0.05) is 10.0 Å². The van der Waals surface area contributed by atoms with Crippen LogP contribution >= 0.6 is 27.5 Å². The molecule has 0 aliphatic rings. The molecule has 0 spiro atoms. The first-order valence-corrected chi connectivity index (χ1v) is 6.19. The summed E-state index contributed by atoms with van der Waals surface area (Å²) in [7, 11) is 0. The van der Waals surface area contributed by atoms with Gasteiger partial charge in [-0.2, -0.15) is 0 Å². The highest BCUT2D eigenvalue weighted by Crippen LogP contribution is 2.23. The summed E-state index contributed by atoms with van der Waals surface area (Å²) in [5, 5.41) is 19.9. The number of hydrogen-bond donors (Lipinski definition) is 3. The van der Waals surface area contributed by atoms with Gasteiger partial charge in [0.2, 0.25) is 0 Å². The third-order valence-corrected chi connectivity index (χ3v) is 3.38. The van der Waals surface area contributed by atoms with E-state index in [0.29, 0.717) is 9.50 Å². The van der Waals surface area contributed by atoms with Crippen molar-refractivity contribution < 1.29 is 24.6 Å². The van der Waals surface area contributed by atoms with Crippen molar-refractivity contribution in [1.29, 1.82) is 0 Å². The van der Waals surface area contributed by atoms with Crippen LogP contribution in [-0.4, -0.2) is 34.1 Å². The van der Waals surface area contributed by atoms with Crippen LogP contribution in [0.2, 0.25) is 5.02 Å². The largest absolute Gasteiger partial charge is 0.481 e. The molecule has 1 atom stereocenters. The summed E-state index contributed by atoms with van der Waals surface area (Å²) >= 11 is 8.89. The lowest BCUT2D eigenvalue weighted by atomic mass is 10.1. The number of carbonyl (C=O) groups is 3. The predicted molar refractivity (Wildman–Crippen MR) is 70.3 cm³/mol. The number of nitrogens with one attached hydrogen (secondary N) is 1. The Hall–Kier alpha value is -1.60. The van der Waals surface area contributed by atoms with Gasteiger partial charge in [-0.25, -0.2) is 4.79 Å². The van der Waals surface area contributed by atoms with E-state index in [0.717, 1.165) is 0 Å². The average Bonchev–Trinajstić information content (AvgIpc) is 2.31. The summed E-state index contributed by atoms with van der Waals surface area (Å²) in [6.07, 6.45) is -0.699. The average molecular weight is 351 g/mol. The second-order valence-electron chi connectivity index (χ2n) is 3.59. The van der Waals surface area contributed by atoms with Crippen LogP contribution in [0.5, 0.6) is 0 Å². The molecule has 0 fully saturated rings. The van der Waals surface area contributed by atoms with Gasteiger partial charge in [0.05, 0.1) is 11.4 Å². The molecule has 0 saturated carbocycles. The van der Waals surface area contributed by atoms with E-state index in [1.54, 1.807) is 0 Å². The first kappa shape index (κ1) is 15.5. The van der Waals surface area contributed by atoms with Gasteiger partial charge in [-0.05, 0) is 34.1 Å². The predicted octanol–water partition coefficient (Wildman–Crippen LogP) is 1.76. The fourth-order valence-electron chi connectivity index (χ4n) is 1.25. The highest BCUT2D eigenvalue weighted by Gasteiger charge is 2.23. The lowest BCUT2D eigenvalue weighted by Gasteiger charge is -2.12. The molecule has 102 valence electrons. The van der Waals surface area contributed by atoms with E-state index in [1.807, 2.05) is 0 Å². The minimum Gasteiger partial charge on any atom is -0.481 e. The number of aliphatic carboxylic acids is 2. The van der Waals surface area contributed by atoms with Gasteiger partial charge in [0.15, 0.2) is 0 Å². The summed E-state index contributed by atoms with van der Waals surface area (Å²) in [5.41, 5.74) is 0.174. The summed E-state index contributed by atoms with van der Waals surface area (Å²) in [6, 6.07) is 2.80. The second-order valence-corrected chi connectivity index (χ2v) is 4.85. The number of carboxylic acids is 2. The van der Waals surface area contributed by atoms with Gasteiger partial charge in [0.25, 0.3) is 5.91 Å². The van der Waals surface area contributed by atoms with Crippen molar-refractivity contribution in [2.24, 2.45) is 0 Å². The van der Waals surface area contributed by atoms with Crippen molar-refractivity contribution in [1.82, 2.24) is 5.32 Å². The van der Waals surface area contributed by atoms with Crippen molar-refractivity contribution in [3.05, 3.63) is 33.3 Å². The van der Waals surface area contributed by atoms with Gasteiger partial charge in [0.1, 0.15) is 6.04 Å². The van der Waals surface area contributed by atoms with E-state index in [-0.39, 0.29) is 5.56 Å². The third kappa shape index (κ3) is 4.53. The smallest absolute Gasteiger partial charge is 0.326 e. The standard InChI is InChI=1S/C11H9BrClNO5/c12-6-3-5(1-2-7(6)13)10(17)14-8(11(18)19)4-9(15)16/h1-3,8H,4H2,(H,14,17)(H,15,16)(H,18,19)/t8-/m0/s1. The molecule has 1 aromatic rings. The van der Waals surface area contributed by atoms with E-state index in [2.05, 4.69) is 21.2 Å². The summed E-state index contributed by atoms with van der Waals surface area (Å²) in [4.78, 5) is 33.1. The molecule has 8 heteroatoms. The van der Waals surface area contributed by atoms with Gasteiger partial charge in [-0.1, -0.05) is 11.6 Å². The molecule has 0 unspecified atom stereocenters. The number of halogens is 2. The number of amides is 1. The molecule has 6 nitrogen and oxygen atoms in total. The van der Waals surface area contributed by atoms with Crippen LogP contribution in [0.3, 0.4) is 0 Å². The fourth-order valence-corrected chi connectivity index (χ4v) is 1.75. The Kier molecular flexibility index (Phi) is 5.31. The Bertz CT molecular complexity index is 534. The molecule has 1 rings (SSSR count). The molecule has 0 aliphatic heterocycles. The fraction of sp³-hybridized carbons (Fsp3) is 0.182. The zero-order chi connectivity index (χ0) is 14.6. The Morgan fingerprint density at radius 1 is 1.32 bits per heavy atom. The highest BCUT2D eigenvalue weighted by atomic mass is 79.9. The van der Waals surface area contributed by atoms with Crippen molar-refractivity contribution in [3.8, 4) is 0 Å². The van der Waals surface area contributed by atoms with E-state index < -0.39 is 30.3 Å². The van der Waals surface area contributed by atoms with Gasteiger partial charge in [-0.15, -0.1) is 0 Å². The Labute approximate surface area is 121 Å². The minimum atomic E-state index is -1.49. The lowest BCUT2D eigenvalue weighted by molar-refractivity contribution is -0.145. The molecule has 0 heterocycles. The molecular formula is C11H9BrClNO5. The maximum Gasteiger partial charge on any atom is 0.326 e. The first-order chi connectivity index (χ1) is 8.81. The molecule has 0 aromatic heterocycles. The summed E-state index contributed by atoms with van der Waals surface area (Å²) in [5.74, 6) is -3.42. The molecule has 1 aromatic carbocycles. The first-order valence-electron chi connectivity index (χ1n) is 5.01. The van der Waals surface area contributed by atoms with Crippen LogP contribution < -0.4 is 5.32 Å². The molecule has 19 heavy (non-hydrogen) atoms. The van der Waals surface area contributed by atoms with Crippen molar-refractivity contribution in [3.63, 3.8) is 0 Å². The number of benzene rings is 1. The van der Waals surface area contributed by atoms with Crippen LogP contribution in [0.1, 0.15) is 16.8 Å². The van der Waals surface area contributed by atoms with Crippen LogP contribution in [-0.2, 0) is 9.59 Å². The van der Waals surface area contributed by atoms with Crippen molar-refractivity contribution >= 4 is 45.4 Å². The lowest BCUT2D eigenvalue weighted by Crippen LogP contribution is -2.42. The number of rotatable bonds is 5. The third-order valence-electron chi connectivity index (χ3n) is 2.16. The topological polar surface area (TPSA) is 104 Å². The quantitative estimate of drug-likeness (QED) is 0.751. The van der Waals surface area contributed by atoms with E-state index in [4.69, 9.17) is 21.8 Å². The maximum absolute atomic E-state index is 11.8. The minimum absolute atomic E-state index is 0.174. The van der Waals surface area contributed by atoms with Crippen LogP contribution in [0.4, 0.5) is 0 Å². The normalized spacial score (nSPS) is 11.7. The number of carbonyl (C=O) groups excluding carboxylic acids is 1. The summed E-state index contributed by atoms with van der Waals surface area (Å²) < 4.78 is 0.479.